The molecule has 0 atom stereocenters. The molecule has 142 valence electrons. The number of carbonyl (C=O) groups is 1. The molecule has 0 bridgehead atoms. The van der Waals surface area contributed by atoms with Gasteiger partial charge in [-0.25, -0.2) is 9.50 Å². The van der Waals surface area contributed by atoms with Gasteiger partial charge in [0.1, 0.15) is 0 Å². The second kappa shape index (κ2) is 8.66. The summed E-state index contributed by atoms with van der Waals surface area (Å²) in [5.74, 6) is 0.693. The third-order valence-electron chi connectivity index (χ3n) is 4.58. The minimum atomic E-state index is 0.0653. The van der Waals surface area contributed by atoms with Gasteiger partial charge in [0.05, 0.1) is 19.0 Å². The number of imidazole rings is 1. The summed E-state index contributed by atoms with van der Waals surface area (Å²) in [6.45, 7) is 4.23. The maximum absolute atomic E-state index is 12.6. The van der Waals surface area contributed by atoms with Gasteiger partial charge in [-0.3, -0.25) is 4.79 Å². The van der Waals surface area contributed by atoms with Gasteiger partial charge in [-0.1, -0.05) is 38.8 Å². The van der Waals surface area contributed by atoms with Crippen molar-refractivity contribution in [2.75, 3.05) is 12.4 Å². The average Bonchev–Trinajstić information content (AvgIpc) is 3.11. The topological polar surface area (TPSA) is 68.5 Å². The first-order valence-electron chi connectivity index (χ1n) is 9.46. The molecule has 1 aromatic carbocycles. The van der Waals surface area contributed by atoms with E-state index in [9.17, 15) is 4.79 Å². The molecular formula is C21H26N4O2. The average molecular weight is 366 g/mol. The highest BCUT2D eigenvalue weighted by atomic mass is 16.5. The highest BCUT2D eigenvalue weighted by Gasteiger charge is 2.17. The van der Waals surface area contributed by atoms with Crippen molar-refractivity contribution in [2.45, 2.75) is 39.5 Å². The van der Waals surface area contributed by atoms with Crippen molar-refractivity contribution in [1.29, 1.82) is 0 Å². The molecule has 0 aliphatic heterocycles. The fourth-order valence-corrected chi connectivity index (χ4v) is 3.22. The Morgan fingerprint density at radius 1 is 1.19 bits per heavy atom. The zero-order chi connectivity index (χ0) is 19.2. The van der Waals surface area contributed by atoms with Gasteiger partial charge in [-0.05, 0) is 31.0 Å². The lowest BCUT2D eigenvalue weighted by Gasteiger charge is -2.15. The number of hydrogen-bond donors (Lipinski definition) is 1. The van der Waals surface area contributed by atoms with Crippen LogP contribution in [0.4, 0.5) is 5.69 Å². The summed E-state index contributed by atoms with van der Waals surface area (Å²) in [5, 5.41) is 7.40. The Balaban J connectivity index is 1.82. The number of nitrogens with zero attached hydrogens (tertiary/aromatic N) is 3. The minimum absolute atomic E-state index is 0.0653. The Bertz CT molecular complexity index is 913. The number of rotatable bonds is 8. The van der Waals surface area contributed by atoms with Crippen molar-refractivity contribution in [3.8, 4) is 17.1 Å². The van der Waals surface area contributed by atoms with Crippen LogP contribution in [-0.4, -0.2) is 27.6 Å². The predicted molar refractivity (Wildman–Crippen MR) is 107 cm³/mol. The first-order chi connectivity index (χ1) is 13.1. The first kappa shape index (κ1) is 18.9. The number of anilines is 1. The van der Waals surface area contributed by atoms with Gasteiger partial charge >= 0.3 is 0 Å². The van der Waals surface area contributed by atoms with E-state index in [4.69, 9.17) is 4.74 Å². The van der Waals surface area contributed by atoms with E-state index in [1.165, 1.54) is 0 Å². The van der Waals surface area contributed by atoms with E-state index in [2.05, 4.69) is 29.2 Å². The van der Waals surface area contributed by atoms with Crippen LogP contribution in [0.2, 0.25) is 0 Å². The SMILES string of the molecule is CCCC(CCC)C(=O)Nc1cccc(-c2cn3nc(OC)ccc3n2)c1. The number of aromatic nitrogens is 3. The first-order valence-corrected chi connectivity index (χ1v) is 9.46. The third kappa shape index (κ3) is 4.45. The Labute approximate surface area is 159 Å². The van der Waals surface area contributed by atoms with Gasteiger partial charge in [0.2, 0.25) is 11.8 Å². The standard InChI is InChI=1S/C21H26N4O2/c1-4-7-15(8-5-2)21(26)22-17-10-6-9-16(13-17)18-14-25-19(23-18)11-12-20(24-25)27-3/h6,9-15H,4-5,7-8H2,1-3H3,(H,22,26). The van der Waals surface area contributed by atoms with Crippen LogP contribution in [0, 0.1) is 5.92 Å². The maximum atomic E-state index is 12.6. The lowest BCUT2D eigenvalue weighted by molar-refractivity contribution is -0.120. The largest absolute Gasteiger partial charge is 0.480 e. The van der Waals surface area contributed by atoms with Gasteiger partial charge < -0.3 is 10.1 Å². The van der Waals surface area contributed by atoms with E-state index in [1.54, 1.807) is 17.7 Å². The zero-order valence-corrected chi connectivity index (χ0v) is 16.1. The summed E-state index contributed by atoms with van der Waals surface area (Å²) < 4.78 is 6.85. The van der Waals surface area contributed by atoms with Crippen molar-refractivity contribution in [3.63, 3.8) is 0 Å². The number of carbonyl (C=O) groups excluding carboxylic acids is 1. The molecule has 0 spiro atoms. The van der Waals surface area contributed by atoms with Crippen LogP contribution in [0.5, 0.6) is 5.88 Å². The molecule has 3 aromatic rings. The van der Waals surface area contributed by atoms with Crippen LogP contribution in [0.3, 0.4) is 0 Å². The molecule has 0 saturated heterocycles. The van der Waals surface area contributed by atoms with Gasteiger partial charge in [-0.2, -0.15) is 0 Å². The lowest BCUT2D eigenvalue weighted by atomic mass is 9.97. The normalized spacial score (nSPS) is 11.1. The minimum Gasteiger partial charge on any atom is -0.480 e. The van der Waals surface area contributed by atoms with Gasteiger partial charge in [0.25, 0.3) is 0 Å². The van der Waals surface area contributed by atoms with Gasteiger partial charge in [-0.15, -0.1) is 5.10 Å². The monoisotopic (exact) mass is 366 g/mol. The van der Waals surface area contributed by atoms with Crippen molar-refractivity contribution >= 4 is 17.2 Å². The fourth-order valence-electron chi connectivity index (χ4n) is 3.22. The van der Waals surface area contributed by atoms with Crippen LogP contribution < -0.4 is 10.1 Å². The smallest absolute Gasteiger partial charge is 0.231 e. The van der Waals surface area contributed by atoms with E-state index in [0.29, 0.717) is 5.88 Å². The third-order valence-corrected chi connectivity index (χ3v) is 4.58. The molecule has 0 radical (unpaired) electrons. The molecule has 0 unspecified atom stereocenters. The highest BCUT2D eigenvalue weighted by molar-refractivity contribution is 5.93. The molecule has 0 fully saturated rings. The van der Waals surface area contributed by atoms with Crippen molar-refractivity contribution in [3.05, 3.63) is 42.6 Å². The second-order valence-corrected chi connectivity index (χ2v) is 6.65. The Hall–Kier alpha value is -2.89. The molecule has 0 aliphatic rings. The number of amides is 1. The summed E-state index contributed by atoms with van der Waals surface area (Å²) in [6, 6.07) is 11.4. The predicted octanol–water partition coefficient (Wildman–Crippen LogP) is 4.56. The van der Waals surface area contributed by atoms with Crippen molar-refractivity contribution in [2.24, 2.45) is 5.92 Å². The van der Waals surface area contributed by atoms with Crippen LogP contribution in [0.15, 0.2) is 42.6 Å². The summed E-state index contributed by atoms with van der Waals surface area (Å²) in [6.07, 6.45) is 5.71. The number of hydrogen-bond acceptors (Lipinski definition) is 4. The van der Waals surface area contributed by atoms with Gasteiger partial charge in [0.15, 0.2) is 5.65 Å². The molecule has 1 N–H and O–H groups in total. The summed E-state index contributed by atoms with van der Waals surface area (Å²) in [4.78, 5) is 17.2. The van der Waals surface area contributed by atoms with Crippen LogP contribution >= 0.6 is 0 Å². The molecule has 6 nitrogen and oxygen atoms in total. The molecule has 0 aliphatic carbocycles. The van der Waals surface area contributed by atoms with Crippen LogP contribution in [-0.2, 0) is 4.79 Å². The molecule has 3 rings (SSSR count). The molecule has 2 aromatic heterocycles. The molecule has 1 amide bonds. The van der Waals surface area contributed by atoms with E-state index in [0.717, 1.165) is 48.3 Å². The summed E-state index contributed by atoms with van der Waals surface area (Å²) >= 11 is 0. The van der Waals surface area contributed by atoms with E-state index < -0.39 is 0 Å². The summed E-state index contributed by atoms with van der Waals surface area (Å²) in [7, 11) is 1.59. The van der Waals surface area contributed by atoms with Crippen LogP contribution in [0.1, 0.15) is 39.5 Å². The van der Waals surface area contributed by atoms with Crippen molar-refractivity contribution in [1.82, 2.24) is 14.6 Å². The number of fused-ring (bicyclic) bond motifs is 1. The van der Waals surface area contributed by atoms with E-state index >= 15 is 0 Å². The van der Waals surface area contributed by atoms with E-state index in [-0.39, 0.29) is 11.8 Å². The summed E-state index contributed by atoms with van der Waals surface area (Å²) in [5.41, 5.74) is 3.26. The van der Waals surface area contributed by atoms with Crippen LogP contribution in [0.25, 0.3) is 16.9 Å². The number of methoxy groups -OCH3 is 1. The number of ether oxygens (including phenoxy) is 1. The number of benzene rings is 1. The Kier molecular flexibility index (Phi) is 6.06. The quantitative estimate of drug-likeness (QED) is 0.634. The molecule has 6 heteroatoms. The number of nitrogens with one attached hydrogen (secondary N) is 1. The fraction of sp³-hybridized carbons (Fsp3) is 0.381. The Morgan fingerprint density at radius 3 is 2.67 bits per heavy atom. The Morgan fingerprint density at radius 2 is 1.96 bits per heavy atom. The molecule has 2 heterocycles. The second-order valence-electron chi connectivity index (χ2n) is 6.65. The maximum Gasteiger partial charge on any atom is 0.231 e. The van der Waals surface area contributed by atoms with Gasteiger partial charge in [0, 0.05) is 23.2 Å². The molecular weight excluding hydrogens is 340 g/mol. The zero-order valence-electron chi connectivity index (χ0n) is 16.1. The van der Waals surface area contributed by atoms with E-state index in [1.807, 2.05) is 36.5 Å². The lowest BCUT2D eigenvalue weighted by Crippen LogP contribution is -2.22. The van der Waals surface area contributed by atoms with Crippen molar-refractivity contribution < 1.29 is 9.53 Å². The molecule has 0 saturated carbocycles. The molecule has 27 heavy (non-hydrogen) atoms. The highest BCUT2D eigenvalue weighted by Crippen LogP contribution is 2.24.